The average Bonchev–Trinajstić information content (AvgIpc) is 3.22. The van der Waals surface area contributed by atoms with E-state index in [4.69, 9.17) is 10.5 Å². The number of carbonyl (C=O) groups is 1. The molecule has 10 nitrogen and oxygen atoms in total. The van der Waals surface area contributed by atoms with Crippen molar-refractivity contribution < 1.29 is 9.53 Å². The van der Waals surface area contributed by atoms with E-state index in [0.717, 1.165) is 6.42 Å². The van der Waals surface area contributed by atoms with Gasteiger partial charge in [0.1, 0.15) is 12.1 Å². The van der Waals surface area contributed by atoms with E-state index < -0.39 is 6.23 Å². The number of benzene rings is 1. The number of imidazole rings is 1. The molecule has 0 saturated carbocycles. The van der Waals surface area contributed by atoms with Crippen molar-refractivity contribution in [3.05, 3.63) is 51.4 Å². The Hall–Kier alpha value is -3.24. The summed E-state index contributed by atoms with van der Waals surface area (Å²) in [6, 6.07) is 6.98. The van der Waals surface area contributed by atoms with Gasteiger partial charge in [0.25, 0.3) is 5.56 Å². The summed E-state index contributed by atoms with van der Waals surface area (Å²) in [5.74, 6) is 0.492. The summed E-state index contributed by atoms with van der Waals surface area (Å²) in [5.41, 5.74) is 6.16. The summed E-state index contributed by atoms with van der Waals surface area (Å²) >= 11 is 0. The molecule has 10 heteroatoms. The molecule has 1 atom stereocenters. The highest BCUT2D eigenvalue weighted by atomic mass is 16.5. The topological polar surface area (TPSA) is 126 Å². The highest BCUT2D eigenvalue weighted by molar-refractivity contribution is 5.72. The van der Waals surface area contributed by atoms with E-state index in [9.17, 15) is 14.4 Å². The van der Waals surface area contributed by atoms with Gasteiger partial charge in [-0.1, -0.05) is 13.8 Å². The van der Waals surface area contributed by atoms with Gasteiger partial charge in [0.05, 0.1) is 0 Å². The van der Waals surface area contributed by atoms with Gasteiger partial charge in [0, 0.05) is 31.9 Å². The molecule has 0 saturated heterocycles. The van der Waals surface area contributed by atoms with Crippen LogP contribution in [0.25, 0.3) is 16.9 Å². The summed E-state index contributed by atoms with van der Waals surface area (Å²) in [6.45, 7) is 5.56. The molecule has 0 aliphatic rings. The molecule has 2 heterocycles. The number of nitrogens with zero attached hydrogens (tertiary/aromatic N) is 4. The molecule has 166 valence electrons. The van der Waals surface area contributed by atoms with Crippen molar-refractivity contribution in [1.82, 2.24) is 24.0 Å². The lowest BCUT2D eigenvalue weighted by Crippen LogP contribution is -2.40. The molecule has 0 aliphatic carbocycles. The molecule has 1 unspecified atom stereocenters. The van der Waals surface area contributed by atoms with E-state index >= 15 is 0 Å². The molecule has 3 N–H and O–H groups in total. The molecular weight excluding hydrogens is 400 g/mol. The Morgan fingerprint density at radius 3 is 2.42 bits per heavy atom. The average molecular weight is 428 g/mol. The number of hydrogen-bond donors (Lipinski definition) is 2. The molecule has 0 radical (unpaired) electrons. The highest BCUT2D eigenvalue weighted by Crippen LogP contribution is 2.19. The SMILES string of the molecule is CCCn1c(=O)c2ncn(-c3ccc(OC(C=O)NCCN)cc3)c2n(CCC)c1=O. The first kappa shape index (κ1) is 22.4. The van der Waals surface area contributed by atoms with Gasteiger partial charge in [-0.2, -0.15) is 0 Å². The minimum absolute atomic E-state index is 0.258. The molecule has 3 rings (SSSR count). The Bertz CT molecular complexity index is 1150. The number of carbonyl (C=O) groups excluding carboxylic acids is 1. The van der Waals surface area contributed by atoms with E-state index in [2.05, 4.69) is 10.3 Å². The van der Waals surface area contributed by atoms with Gasteiger partial charge in [-0.3, -0.25) is 28.6 Å². The second kappa shape index (κ2) is 10.2. The second-order valence-corrected chi connectivity index (χ2v) is 7.09. The molecule has 0 amide bonds. The minimum atomic E-state index is -0.796. The van der Waals surface area contributed by atoms with Crippen LogP contribution < -0.4 is 27.0 Å². The van der Waals surface area contributed by atoms with Crippen LogP contribution in [0, 0.1) is 0 Å². The predicted molar refractivity (Wildman–Crippen MR) is 118 cm³/mol. The van der Waals surface area contributed by atoms with Crippen LogP contribution in [0.15, 0.2) is 40.2 Å². The Kier molecular flexibility index (Phi) is 7.37. The lowest BCUT2D eigenvalue weighted by atomic mass is 10.3. The zero-order valence-electron chi connectivity index (χ0n) is 17.8. The maximum atomic E-state index is 13.0. The van der Waals surface area contributed by atoms with Gasteiger partial charge in [-0.05, 0) is 37.1 Å². The van der Waals surface area contributed by atoms with E-state index in [0.29, 0.717) is 56.0 Å². The minimum Gasteiger partial charge on any atom is -0.468 e. The van der Waals surface area contributed by atoms with Crippen LogP contribution >= 0.6 is 0 Å². The number of fused-ring (bicyclic) bond motifs is 1. The van der Waals surface area contributed by atoms with Crippen LogP contribution in [-0.4, -0.2) is 44.3 Å². The molecule has 0 aliphatic heterocycles. The van der Waals surface area contributed by atoms with Gasteiger partial charge in [0.15, 0.2) is 17.5 Å². The fraction of sp³-hybridized carbons (Fsp3) is 0.429. The number of rotatable bonds is 11. The van der Waals surface area contributed by atoms with Crippen LogP contribution in [0.1, 0.15) is 26.7 Å². The predicted octanol–water partition coefficient (Wildman–Crippen LogP) is 0.621. The third-order valence-electron chi connectivity index (χ3n) is 4.79. The van der Waals surface area contributed by atoms with Crippen molar-refractivity contribution in [3.8, 4) is 11.4 Å². The Labute approximate surface area is 179 Å². The summed E-state index contributed by atoms with van der Waals surface area (Å²) in [7, 11) is 0. The molecular formula is C21H28N6O4. The maximum Gasteiger partial charge on any atom is 0.332 e. The van der Waals surface area contributed by atoms with Gasteiger partial charge in [0.2, 0.25) is 6.23 Å². The zero-order chi connectivity index (χ0) is 22.4. The quantitative estimate of drug-likeness (QED) is 0.339. The molecule has 3 aromatic rings. The third-order valence-corrected chi connectivity index (χ3v) is 4.79. The lowest BCUT2D eigenvalue weighted by Gasteiger charge is -2.16. The monoisotopic (exact) mass is 428 g/mol. The third kappa shape index (κ3) is 4.59. The first-order valence-corrected chi connectivity index (χ1v) is 10.4. The number of nitrogens with two attached hydrogens (primary N) is 1. The first-order chi connectivity index (χ1) is 15.0. The molecule has 0 spiro atoms. The molecule has 0 fully saturated rings. The fourth-order valence-electron chi connectivity index (χ4n) is 3.41. The number of aromatic nitrogens is 4. The van der Waals surface area contributed by atoms with Gasteiger partial charge >= 0.3 is 5.69 Å². The largest absolute Gasteiger partial charge is 0.468 e. The van der Waals surface area contributed by atoms with Crippen LogP contribution in [0.5, 0.6) is 5.75 Å². The van der Waals surface area contributed by atoms with Gasteiger partial charge < -0.3 is 10.5 Å². The molecule has 2 aromatic heterocycles. The van der Waals surface area contributed by atoms with E-state index in [-0.39, 0.29) is 16.8 Å². The van der Waals surface area contributed by atoms with E-state index in [1.807, 2.05) is 13.8 Å². The molecule has 1 aromatic carbocycles. The Balaban J connectivity index is 2.02. The van der Waals surface area contributed by atoms with Gasteiger partial charge in [-0.15, -0.1) is 0 Å². The summed E-state index contributed by atoms with van der Waals surface area (Å²) in [6.07, 6.45) is 2.82. The Morgan fingerprint density at radius 2 is 1.81 bits per heavy atom. The van der Waals surface area contributed by atoms with Crippen molar-refractivity contribution in [2.24, 2.45) is 5.73 Å². The first-order valence-electron chi connectivity index (χ1n) is 10.4. The molecule has 31 heavy (non-hydrogen) atoms. The van der Waals surface area contributed by atoms with Crippen molar-refractivity contribution in [2.45, 2.75) is 46.0 Å². The van der Waals surface area contributed by atoms with Crippen molar-refractivity contribution in [2.75, 3.05) is 13.1 Å². The number of ether oxygens (including phenoxy) is 1. The standard InChI is InChI=1S/C21H28N6O4/c1-3-11-25-19-18(20(29)26(12-4-2)21(25)30)24-14-27(19)15-5-7-16(8-6-15)31-17(13-28)23-10-9-22/h5-8,13-14,17,23H,3-4,9-12,22H2,1-2H3. The second-order valence-electron chi connectivity index (χ2n) is 7.09. The number of nitrogens with one attached hydrogen (secondary N) is 1. The normalized spacial score (nSPS) is 12.2. The van der Waals surface area contributed by atoms with E-state index in [1.165, 1.54) is 4.57 Å². The van der Waals surface area contributed by atoms with Crippen molar-refractivity contribution in [3.63, 3.8) is 0 Å². The van der Waals surface area contributed by atoms with Crippen LogP contribution in [0.2, 0.25) is 0 Å². The number of aryl methyl sites for hydroxylation is 1. The zero-order valence-corrected chi connectivity index (χ0v) is 17.8. The van der Waals surface area contributed by atoms with Crippen LogP contribution in [0.3, 0.4) is 0 Å². The maximum absolute atomic E-state index is 13.0. The van der Waals surface area contributed by atoms with Crippen molar-refractivity contribution in [1.29, 1.82) is 0 Å². The van der Waals surface area contributed by atoms with E-state index in [1.54, 1.807) is 39.7 Å². The fourth-order valence-corrected chi connectivity index (χ4v) is 3.41. The lowest BCUT2D eigenvalue weighted by molar-refractivity contribution is -0.114. The van der Waals surface area contributed by atoms with Crippen LogP contribution in [-0.2, 0) is 17.9 Å². The smallest absolute Gasteiger partial charge is 0.332 e. The summed E-state index contributed by atoms with van der Waals surface area (Å²) < 4.78 is 10.2. The molecule has 0 bridgehead atoms. The van der Waals surface area contributed by atoms with Crippen molar-refractivity contribution >= 4 is 17.5 Å². The number of hydrogen-bond acceptors (Lipinski definition) is 7. The Morgan fingerprint density at radius 1 is 1.13 bits per heavy atom. The summed E-state index contributed by atoms with van der Waals surface area (Å²) in [4.78, 5) is 41.3. The van der Waals surface area contributed by atoms with Gasteiger partial charge in [-0.25, -0.2) is 9.78 Å². The van der Waals surface area contributed by atoms with Crippen LogP contribution in [0.4, 0.5) is 0 Å². The number of aldehydes is 1. The highest BCUT2D eigenvalue weighted by Gasteiger charge is 2.18. The summed E-state index contributed by atoms with van der Waals surface area (Å²) in [5, 5.41) is 2.88.